The number of ether oxygens (including phenoxy) is 1. The fourth-order valence-corrected chi connectivity index (χ4v) is 2.40. The first kappa shape index (κ1) is 13.4. The molecule has 1 atom stereocenters. The van der Waals surface area contributed by atoms with Crippen LogP contribution in [0, 0.1) is 0 Å². The molecule has 1 heterocycles. The van der Waals surface area contributed by atoms with Crippen molar-refractivity contribution in [2.45, 2.75) is 31.4 Å². The van der Waals surface area contributed by atoms with Gasteiger partial charge in [0.1, 0.15) is 16.9 Å². The molecule has 0 radical (unpaired) electrons. The van der Waals surface area contributed by atoms with Crippen LogP contribution >= 0.6 is 0 Å². The number of nitrogens with two attached hydrogens (primary N) is 1. The van der Waals surface area contributed by atoms with Crippen molar-refractivity contribution in [1.82, 2.24) is 0 Å². The first-order valence-corrected chi connectivity index (χ1v) is 5.75. The molecule has 0 aliphatic carbocycles. The summed E-state index contributed by atoms with van der Waals surface area (Å²) in [5.41, 5.74) is 3.96. The number of carboxylic acids is 2. The van der Waals surface area contributed by atoms with E-state index in [2.05, 4.69) is 0 Å². The quantitative estimate of drug-likeness (QED) is 0.740. The van der Waals surface area contributed by atoms with Crippen LogP contribution in [-0.4, -0.2) is 27.8 Å². The molecule has 0 bridgehead atoms. The molecule has 1 aromatic rings. The minimum Gasteiger partial charge on any atom is -0.487 e. The van der Waals surface area contributed by atoms with E-state index in [0.717, 1.165) is 0 Å². The lowest BCUT2D eigenvalue weighted by Gasteiger charge is -2.41. The fraction of sp³-hybridized carbons (Fsp3) is 0.385. The van der Waals surface area contributed by atoms with Crippen molar-refractivity contribution in [2.75, 3.05) is 0 Å². The smallest absolute Gasteiger partial charge is 0.335 e. The van der Waals surface area contributed by atoms with Crippen LogP contribution in [0.5, 0.6) is 5.75 Å². The lowest BCUT2D eigenvalue weighted by molar-refractivity contribution is -0.147. The second-order valence-corrected chi connectivity index (χ2v) is 5.33. The highest BCUT2D eigenvalue weighted by atomic mass is 16.5. The standard InChI is InChI=1S/C13H15NO5/c1-12(2)6-13(14,11(17)18)8-4-3-7(10(15)16)5-9(8)19-12/h3-5H,6,14H2,1-2H3,(H,15,16)(H,17,18). The summed E-state index contributed by atoms with van der Waals surface area (Å²) in [6, 6.07) is 4.04. The monoisotopic (exact) mass is 265 g/mol. The van der Waals surface area contributed by atoms with Crippen LogP contribution in [0.1, 0.15) is 36.2 Å². The Kier molecular flexibility index (Phi) is 2.78. The molecule has 1 aliphatic rings. The van der Waals surface area contributed by atoms with Crippen LogP contribution in [0.3, 0.4) is 0 Å². The topological polar surface area (TPSA) is 110 Å². The third kappa shape index (κ3) is 2.15. The summed E-state index contributed by atoms with van der Waals surface area (Å²) in [6.07, 6.45) is 0.106. The number of carboxylic acid groups (broad SMARTS) is 2. The van der Waals surface area contributed by atoms with Crippen LogP contribution < -0.4 is 10.5 Å². The van der Waals surface area contributed by atoms with Crippen molar-refractivity contribution in [3.8, 4) is 5.75 Å². The van der Waals surface area contributed by atoms with E-state index < -0.39 is 23.1 Å². The maximum atomic E-state index is 11.4. The zero-order valence-corrected chi connectivity index (χ0v) is 10.6. The molecule has 1 unspecified atom stereocenters. The predicted molar refractivity (Wildman–Crippen MR) is 66.2 cm³/mol. The first-order valence-electron chi connectivity index (χ1n) is 5.75. The molecule has 0 spiro atoms. The van der Waals surface area contributed by atoms with Gasteiger partial charge in [-0.05, 0) is 26.0 Å². The maximum Gasteiger partial charge on any atom is 0.335 e. The Morgan fingerprint density at radius 3 is 2.47 bits per heavy atom. The minimum absolute atomic E-state index is 0.0317. The summed E-state index contributed by atoms with van der Waals surface area (Å²) >= 11 is 0. The average Bonchev–Trinajstić information content (AvgIpc) is 2.26. The van der Waals surface area contributed by atoms with E-state index in [4.69, 9.17) is 15.6 Å². The number of hydrogen-bond acceptors (Lipinski definition) is 4. The zero-order valence-electron chi connectivity index (χ0n) is 10.6. The number of fused-ring (bicyclic) bond motifs is 1. The summed E-state index contributed by atoms with van der Waals surface area (Å²) in [4.78, 5) is 22.4. The number of aliphatic carboxylic acids is 1. The SMILES string of the molecule is CC1(C)CC(N)(C(=O)O)c2ccc(C(=O)O)cc2O1. The van der Waals surface area contributed by atoms with Crippen molar-refractivity contribution in [2.24, 2.45) is 5.73 Å². The fourth-order valence-electron chi connectivity index (χ4n) is 2.40. The van der Waals surface area contributed by atoms with Crippen LogP contribution in [-0.2, 0) is 10.3 Å². The third-order valence-electron chi connectivity index (χ3n) is 3.18. The summed E-state index contributed by atoms with van der Waals surface area (Å²) in [7, 11) is 0. The van der Waals surface area contributed by atoms with E-state index in [9.17, 15) is 14.7 Å². The minimum atomic E-state index is -1.58. The van der Waals surface area contributed by atoms with Crippen molar-refractivity contribution in [3.05, 3.63) is 29.3 Å². The average molecular weight is 265 g/mol. The molecule has 19 heavy (non-hydrogen) atoms. The number of hydrogen-bond donors (Lipinski definition) is 3. The summed E-state index contributed by atoms with van der Waals surface area (Å²) in [6.45, 7) is 3.43. The molecule has 1 aliphatic heterocycles. The van der Waals surface area contributed by atoms with Gasteiger partial charge >= 0.3 is 11.9 Å². The Morgan fingerprint density at radius 2 is 1.95 bits per heavy atom. The molecule has 6 heteroatoms. The Labute approximate surface area is 109 Å². The molecule has 0 amide bonds. The van der Waals surface area contributed by atoms with Crippen LogP contribution in [0.15, 0.2) is 18.2 Å². The zero-order chi connectivity index (χ0) is 14.4. The Morgan fingerprint density at radius 1 is 1.32 bits per heavy atom. The first-order chi connectivity index (χ1) is 8.66. The van der Waals surface area contributed by atoms with E-state index in [1.807, 2.05) is 0 Å². The molecule has 0 aromatic heterocycles. The molecule has 4 N–H and O–H groups in total. The maximum absolute atomic E-state index is 11.4. The lowest BCUT2D eigenvalue weighted by atomic mass is 9.78. The van der Waals surface area contributed by atoms with Gasteiger partial charge in [0.2, 0.25) is 0 Å². The lowest BCUT2D eigenvalue weighted by Crippen LogP contribution is -2.54. The highest BCUT2D eigenvalue weighted by Crippen LogP contribution is 2.42. The van der Waals surface area contributed by atoms with Crippen molar-refractivity contribution >= 4 is 11.9 Å². The highest BCUT2D eigenvalue weighted by molar-refractivity contribution is 5.89. The van der Waals surface area contributed by atoms with Crippen LogP contribution in [0.2, 0.25) is 0 Å². The van der Waals surface area contributed by atoms with Gasteiger partial charge in [-0.3, -0.25) is 0 Å². The molecule has 0 saturated carbocycles. The molecule has 0 fully saturated rings. The van der Waals surface area contributed by atoms with Gasteiger partial charge < -0.3 is 20.7 Å². The van der Waals surface area contributed by atoms with Gasteiger partial charge in [-0.2, -0.15) is 0 Å². The number of rotatable bonds is 2. The summed E-state index contributed by atoms with van der Waals surface area (Å²) in [5.74, 6) is -2.05. The van der Waals surface area contributed by atoms with Gasteiger partial charge in [0, 0.05) is 12.0 Å². The largest absolute Gasteiger partial charge is 0.487 e. The van der Waals surface area contributed by atoms with Gasteiger partial charge in [-0.1, -0.05) is 6.07 Å². The molecular weight excluding hydrogens is 250 g/mol. The van der Waals surface area contributed by atoms with E-state index in [1.54, 1.807) is 13.8 Å². The normalized spacial score (nSPS) is 24.2. The highest BCUT2D eigenvalue weighted by Gasteiger charge is 2.48. The summed E-state index contributed by atoms with van der Waals surface area (Å²) < 4.78 is 5.65. The van der Waals surface area contributed by atoms with Gasteiger partial charge in [-0.25, -0.2) is 9.59 Å². The Bertz CT molecular complexity index is 566. The van der Waals surface area contributed by atoms with Crippen molar-refractivity contribution in [3.63, 3.8) is 0 Å². The van der Waals surface area contributed by atoms with E-state index >= 15 is 0 Å². The van der Waals surface area contributed by atoms with Gasteiger partial charge in [0.15, 0.2) is 0 Å². The second kappa shape index (κ2) is 3.96. The van der Waals surface area contributed by atoms with E-state index in [0.29, 0.717) is 5.56 Å². The Hall–Kier alpha value is -2.08. The summed E-state index contributed by atoms with van der Waals surface area (Å²) in [5, 5.41) is 18.3. The Balaban J connectivity index is 2.63. The molecule has 6 nitrogen and oxygen atoms in total. The second-order valence-electron chi connectivity index (χ2n) is 5.33. The number of benzene rings is 1. The van der Waals surface area contributed by atoms with Crippen LogP contribution in [0.25, 0.3) is 0 Å². The molecule has 0 saturated heterocycles. The molecule has 102 valence electrons. The van der Waals surface area contributed by atoms with E-state index in [1.165, 1.54) is 18.2 Å². The van der Waals surface area contributed by atoms with Gasteiger partial charge in [-0.15, -0.1) is 0 Å². The van der Waals surface area contributed by atoms with Crippen LogP contribution in [0.4, 0.5) is 0 Å². The molecule has 1 aromatic carbocycles. The third-order valence-corrected chi connectivity index (χ3v) is 3.18. The van der Waals surface area contributed by atoms with Crippen molar-refractivity contribution < 1.29 is 24.5 Å². The number of carbonyl (C=O) groups is 2. The van der Waals surface area contributed by atoms with Crippen molar-refractivity contribution in [1.29, 1.82) is 0 Å². The van der Waals surface area contributed by atoms with Gasteiger partial charge in [0.05, 0.1) is 5.56 Å². The number of aromatic carboxylic acids is 1. The molecular formula is C13H15NO5. The van der Waals surface area contributed by atoms with Gasteiger partial charge in [0.25, 0.3) is 0 Å². The molecule has 2 rings (SSSR count). The predicted octanol–water partition coefficient (Wildman–Crippen LogP) is 1.18. The van der Waals surface area contributed by atoms with E-state index in [-0.39, 0.29) is 17.7 Å².